The summed E-state index contributed by atoms with van der Waals surface area (Å²) >= 11 is 0. The first kappa shape index (κ1) is 20.3. The van der Waals surface area contributed by atoms with Crippen molar-refractivity contribution < 1.29 is 14.3 Å². The second kappa shape index (κ2) is 9.62. The van der Waals surface area contributed by atoms with E-state index >= 15 is 0 Å². The number of carbonyl (C=O) groups is 1. The maximum absolute atomic E-state index is 12.8. The van der Waals surface area contributed by atoms with Gasteiger partial charge in [0.1, 0.15) is 0 Å². The van der Waals surface area contributed by atoms with Crippen molar-refractivity contribution in [3.8, 4) is 0 Å². The number of amides is 1. The quantitative estimate of drug-likeness (QED) is 0.697. The lowest BCUT2D eigenvalue weighted by Crippen LogP contribution is -2.51. The van der Waals surface area contributed by atoms with Gasteiger partial charge < -0.3 is 20.1 Å². The molecule has 142 valence electrons. The van der Waals surface area contributed by atoms with Gasteiger partial charge in [-0.15, -0.1) is 0 Å². The molecule has 0 aliphatic carbocycles. The van der Waals surface area contributed by atoms with E-state index in [-0.39, 0.29) is 11.9 Å². The molecule has 1 amide bonds. The Labute approximate surface area is 155 Å². The fraction of sp³-hybridized carbons (Fsp3) is 0.500. The number of aromatic nitrogens is 1. The number of benzene rings is 1. The Hall–Kier alpha value is -2.02. The van der Waals surface area contributed by atoms with Gasteiger partial charge in [0, 0.05) is 31.3 Å². The van der Waals surface area contributed by atoms with Crippen molar-refractivity contribution in [1.82, 2.24) is 9.88 Å². The minimum absolute atomic E-state index is 0.144. The standard InChI is InChI=1S/C20H29N3O3/c1-5-25-20(26-6-2)15(4)23(19(24)14(3)21)13-17-10-7-9-16-11-8-12-22-18(16)17/h7-12,14-15,20H,5-6,13,21H2,1-4H3. The number of rotatable bonds is 9. The van der Waals surface area contributed by atoms with E-state index in [0.717, 1.165) is 16.5 Å². The van der Waals surface area contributed by atoms with Gasteiger partial charge >= 0.3 is 0 Å². The topological polar surface area (TPSA) is 77.7 Å². The van der Waals surface area contributed by atoms with Crippen LogP contribution in [0.2, 0.25) is 0 Å². The molecule has 2 atom stereocenters. The monoisotopic (exact) mass is 359 g/mol. The Kier molecular flexibility index (Phi) is 7.50. The summed E-state index contributed by atoms with van der Waals surface area (Å²) in [5.74, 6) is -0.144. The smallest absolute Gasteiger partial charge is 0.239 e. The third-order valence-electron chi connectivity index (χ3n) is 4.28. The van der Waals surface area contributed by atoms with Crippen LogP contribution in [0.3, 0.4) is 0 Å². The van der Waals surface area contributed by atoms with E-state index in [9.17, 15) is 4.79 Å². The highest BCUT2D eigenvalue weighted by Gasteiger charge is 2.30. The van der Waals surface area contributed by atoms with Crippen LogP contribution in [-0.4, -0.2) is 47.4 Å². The van der Waals surface area contributed by atoms with Crippen LogP contribution in [0, 0.1) is 0 Å². The second-order valence-corrected chi connectivity index (χ2v) is 6.27. The summed E-state index contributed by atoms with van der Waals surface area (Å²) in [6.07, 6.45) is 1.26. The number of ether oxygens (including phenoxy) is 2. The van der Waals surface area contributed by atoms with Crippen LogP contribution in [0.1, 0.15) is 33.3 Å². The molecule has 0 aliphatic heterocycles. The molecule has 0 saturated heterocycles. The normalized spacial score (nSPS) is 13.8. The number of nitrogens with zero attached hydrogens (tertiary/aromatic N) is 2. The molecule has 6 nitrogen and oxygen atoms in total. The Balaban J connectivity index is 2.36. The Morgan fingerprint density at radius 2 is 1.81 bits per heavy atom. The number of hydrogen-bond acceptors (Lipinski definition) is 5. The third kappa shape index (κ3) is 4.78. The summed E-state index contributed by atoms with van der Waals surface area (Å²) in [6, 6.07) is 8.99. The average Bonchev–Trinajstić information content (AvgIpc) is 2.65. The van der Waals surface area contributed by atoms with Crippen LogP contribution < -0.4 is 5.73 Å². The van der Waals surface area contributed by atoms with Crippen molar-refractivity contribution in [2.45, 2.75) is 52.6 Å². The fourth-order valence-electron chi connectivity index (χ4n) is 2.96. The first-order valence-electron chi connectivity index (χ1n) is 9.11. The van der Waals surface area contributed by atoms with Crippen molar-refractivity contribution >= 4 is 16.8 Å². The first-order valence-corrected chi connectivity index (χ1v) is 9.11. The van der Waals surface area contributed by atoms with Crippen molar-refractivity contribution in [2.24, 2.45) is 5.73 Å². The molecule has 2 unspecified atom stereocenters. The summed E-state index contributed by atoms with van der Waals surface area (Å²) in [6.45, 7) is 8.84. The van der Waals surface area contributed by atoms with Gasteiger partial charge in [-0.1, -0.05) is 24.3 Å². The largest absolute Gasteiger partial charge is 0.351 e. The predicted octanol–water partition coefficient (Wildman–Crippen LogP) is 2.70. The minimum Gasteiger partial charge on any atom is -0.351 e. The van der Waals surface area contributed by atoms with Crippen molar-refractivity contribution in [2.75, 3.05) is 13.2 Å². The number of fused-ring (bicyclic) bond motifs is 1. The Morgan fingerprint density at radius 3 is 2.42 bits per heavy atom. The number of hydrogen-bond donors (Lipinski definition) is 1. The molecular weight excluding hydrogens is 330 g/mol. The molecule has 26 heavy (non-hydrogen) atoms. The highest BCUT2D eigenvalue weighted by atomic mass is 16.7. The van der Waals surface area contributed by atoms with Crippen LogP contribution >= 0.6 is 0 Å². The van der Waals surface area contributed by atoms with Gasteiger partial charge in [-0.2, -0.15) is 0 Å². The van der Waals surface area contributed by atoms with E-state index in [0.29, 0.717) is 19.8 Å². The van der Waals surface area contributed by atoms with Crippen LogP contribution in [0.5, 0.6) is 0 Å². The van der Waals surface area contributed by atoms with E-state index < -0.39 is 12.3 Å². The number of para-hydroxylation sites is 1. The number of pyridine rings is 1. The van der Waals surface area contributed by atoms with Gasteiger partial charge in [0.15, 0.2) is 6.29 Å². The second-order valence-electron chi connectivity index (χ2n) is 6.27. The first-order chi connectivity index (χ1) is 12.5. The van der Waals surface area contributed by atoms with Gasteiger partial charge in [-0.25, -0.2) is 0 Å². The van der Waals surface area contributed by atoms with Gasteiger partial charge in [-0.05, 0) is 39.3 Å². The molecule has 6 heteroatoms. The van der Waals surface area contributed by atoms with Crippen LogP contribution in [0.25, 0.3) is 10.9 Å². The van der Waals surface area contributed by atoms with E-state index in [1.807, 2.05) is 51.1 Å². The van der Waals surface area contributed by atoms with Crippen LogP contribution in [-0.2, 0) is 20.8 Å². The summed E-state index contributed by atoms with van der Waals surface area (Å²) in [7, 11) is 0. The van der Waals surface area contributed by atoms with Gasteiger partial charge in [-0.3, -0.25) is 9.78 Å². The van der Waals surface area contributed by atoms with E-state index in [4.69, 9.17) is 15.2 Å². The zero-order valence-corrected chi connectivity index (χ0v) is 16.0. The molecule has 0 fully saturated rings. The Morgan fingerprint density at radius 1 is 1.15 bits per heavy atom. The van der Waals surface area contributed by atoms with Gasteiger partial charge in [0.05, 0.1) is 17.6 Å². The maximum Gasteiger partial charge on any atom is 0.239 e. The van der Waals surface area contributed by atoms with Crippen LogP contribution in [0.4, 0.5) is 0 Å². The molecule has 2 rings (SSSR count). The molecule has 0 bridgehead atoms. The zero-order chi connectivity index (χ0) is 19.1. The zero-order valence-electron chi connectivity index (χ0n) is 16.0. The minimum atomic E-state index is -0.607. The molecule has 2 N–H and O–H groups in total. The molecule has 0 saturated carbocycles. The lowest BCUT2D eigenvalue weighted by molar-refractivity contribution is -0.179. The lowest BCUT2D eigenvalue weighted by Gasteiger charge is -2.35. The maximum atomic E-state index is 12.8. The molecule has 0 aliphatic rings. The Bertz CT molecular complexity index is 709. The summed E-state index contributed by atoms with van der Waals surface area (Å²) in [5.41, 5.74) is 7.75. The summed E-state index contributed by atoms with van der Waals surface area (Å²) < 4.78 is 11.4. The van der Waals surface area contributed by atoms with Crippen molar-refractivity contribution in [3.63, 3.8) is 0 Å². The molecular formula is C20H29N3O3. The summed E-state index contributed by atoms with van der Waals surface area (Å²) in [4.78, 5) is 19.0. The van der Waals surface area contributed by atoms with E-state index in [1.165, 1.54) is 0 Å². The van der Waals surface area contributed by atoms with Crippen molar-refractivity contribution in [1.29, 1.82) is 0 Å². The van der Waals surface area contributed by atoms with E-state index in [2.05, 4.69) is 4.98 Å². The highest BCUT2D eigenvalue weighted by molar-refractivity contribution is 5.84. The molecule has 0 spiro atoms. The fourth-order valence-corrected chi connectivity index (χ4v) is 2.96. The van der Waals surface area contributed by atoms with Crippen LogP contribution in [0.15, 0.2) is 36.5 Å². The van der Waals surface area contributed by atoms with Gasteiger partial charge in [0.2, 0.25) is 5.91 Å². The predicted molar refractivity (Wildman–Crippen MR) is 102 cm³/mol. The third-order valence-corrected chi connectivity index (χ3v) is 4.28. The number of nitrogens with two attached hydrogens (primary N) is 1. The summed E-state index contributed by atoms with van der Waals surface area (Å²) in [5, 5.41) is 1.04. The average molecular weight is 359 g/mol. The lowest BCUT2D eigenvalue weighted by atomic mass is 10.1. The SMILES string of the molecule is CCOC(OCC)C(C)N(Cc1cccc2cccnc12)C(=O)C(C)N. The molecule has 1 aromatic heterocycles. The highest BCUT2D eigenvalue weighted by Crippen LogP contribution is 2.21. The molecule has 1 aromatic carbocycles. The van der Waals surface area contributed by atoms with Crippen molar-refractivity contribution in [3.05, 3.63) is 42.1 Å². The molecule has 0 radical (unpaired) electrons. The van der Waals surface area contributed by atoms with E-state index in [1.54, 1.807) is 18.0 Å². The van der Waals surface area contributed by atoms with Gasteiger partial charge in [0.25, 0.3) is 0 Å². The number of carbonyl (C=O) groups excluding carboxylic acids is 1. The molecule has 2 aromatic rings. The molecule has 1 heterocycles.